The highest BCUT2D eigenvalue weighted by Crippen LogP contribution is 2.29. The van der Waals surface area contributed by atoms with Crippen molar-refractivity contribution in [3.63, 3.8) is 0 Å². The van der Waals surface area contributed by atoms with Crippen LogP contribution >= 0.6 is 0 Å². The summed E-state index contributed by atoms with van der Waals surface area (Å²) in [5.74, 6) is 0. The van der Waals surface area contributed by atoms with Crippen molar-refractivity contribution in [2.24, 2.45) is 5.41 Å². The molecule has 1 heterocycles. The van der Waals surface area contributed by atoms with Crippen LogP contribution in [0.1, 0.15) is 51.1 Å². The zero-order valence-electron chi connectivity index (χ0n) is 10.6. The van der Waals surface area contributed by atoms with Gasteiger partial charge < -0.3 is 5.11 Å². The minimum absolute atomic E-state index is 0.00997. The summed E-state index contributed by atoms with van der Waals surface area (Å²) in [5, 5.41) is 9.80. The predicted octanol–water partition coefficient (Wildman–Crippen LogP) is 3.36. The third kappa shape index (κ3) is 4.60. The molecule has 1 rings (SSSR count). The Balaban J connectivity index is 2.78. The van der Waals surface area contributed by atoms with Crippen molar-refractivity contribution in [3.05, 3.63) is 23.8 Å². The Morgan fingerprint density at radius 3 is 2.33 bits per heavy atom. The number of aliphatic hydroxyl groups is 1. The van der Waals surface area contributed by atoms with E-state index in [1.807, 2.05) is 20.8 Å². The largest absolute Gasteiger partial charge is 0.434 e. The average Bonchev–Trinajstić information content (AvgIpc) is 2.24. The summed E-state index contributed by atoms with van der Waals surface area (Å²) < 4.78 is 37.3. The van der Waals surface area contributed by atoms with Crippen LogP contribution < -0.4 is 0 Å². The molecule has 6 heteroatoms. The molecule has 3 nitrogen and oxygen atoms in total. The van der Waals surface area contributed by atoms with E-state index in [2.05, 4.69) is 9.97 Å². The van der Waals surface area contributed by atoms with Gasteiger partial charge in [0.15, 0.2) is 5.69 Å². The van der Waals surface area contributed by atoms with E-state index in [0.717, 1.165) is 0 Å². The van der Waals surface area contributed by atoms with E-state index in [1.165, 1.54) is 6.20 Å². The summed E-state index contributed by atoms with van der Waals surface area (Å²) >= 11 is 0. The monoisotopic (exact) mass is 262 g/mol. The fourth-order valence-corrected chi connectivity index (χ4v) is 1.40. The van der Waals surface area contributed by atoms with Gasteiger partial charge in [-0.05, 0) is 18.3 Å². The lowest BCUT2D eigenvalue weighted by Gasteiger charge is -2.20. The molecule has 1 aromatic rings. The van der Waals surface area contributed by atoms with Crippen LogP contribution in [0.2, 0.25) is 0 Å². The van der Waals surface area contributed by atoms with Gasteiger partial charge in [0, 0.05) is 0 Å². The number of aliphatic hydroxyl groups excluding tert-OH is 1. The van der Waals surface area contributed by atoms with Crippen molar-refractivity contribution in [2.75, 3.05) is 0 Å². The van der Waals surface area contributed by atoms with Crippen molar-refractivity contribution in [3.8, 4) is 0 Å². The Hall–Kier alpha value is -1.17. The first-order chi connectivity index (χ1) is 8.09. The lowest BCUT2D eigenvalue weighted by Crippen LogP contribution is -2.13. The van der Waals surface area contributed by atoms with Crippen LogP contribution in [0.3, 0.4) is 0 Å². The predicted molar refractivity (Wildman–Crippen MR) is 60.7 cm³/mol. The molecule has 0 saturated heterocycles. The van der Waals surface area contributed by atoms with Gasteiger partial charge in [0.2, 0.25) is 0 Å². The van der Waals surface area contributed by atoms with Crippen LogP contribution in [-0.4, -0.2) is 15.1 Å². The number of rotatable bonds is 3. The number of aromatic nitrogens is 2. The van der Waals surface area contributed by atoms with E-state index in [-0.39, 0.29) is 11.1 Å². The molecule has 0 unspecified atom stereocenters. The van der Waals surface area contributed by atoms with E-state index >= 15 is 0 Å². The van der Waals surface area contributed by atoms with Crippen LogP contribution in [0.5, 0.6) is 0 Å². The fraction of sp³-hybridized carbons (Fsp3) is 0.667. The molecule has 0 saturated carbocycles. The molecule has 0 bridgehead atoms. The first-order valence-electron chi connectivity index (χ1n) is 5.67. The maximum atomic E-state index is 12.4. The Labute approximate surface area is 104 Å². The lowest BCUT2D eigenvalue weighted by molar-refractivity contribution is -0.141. The third-order valence-corrected chi connectivity index (χ3v) is 2.45. The zero-order chi connectivity index (χ0) is 14.0. The molecule has 102 valence electrons. The van der Waals surface area contributed by atoms with Crippen molar-refractivity contribution in [2.45, 2.75) is 45.9 Å². The average molecular weight is 262 g/mol. The summed E-state index contributed by atoms with van der Waals surface area (Å²) in [6.45, 7) is 5.99. The van der Waals surface area contributed by atoms with Crippen molar-refractivity contribution >= 4 is 0 Å². The Morgan fingerprint density at radius 2 is 1.83 bits per heavy atom. The van der Waals surface area contributed by atoms with E-state index in [1.54, 1.807) is 0 Å². The minimum Gasteiger partial charge on any atom is -0.387 e. The first-order valence-corrected chi connectivity index (χ1v) is 5.67. The highest BCUT2D eigenvalue weighted by atomic mass is 19.4. The number of nitrogens with zero attached hydrogens (tertiary/aromatic N) is 2. The van der Waals surface area contributed by atoms with Crippen molar-refractivity contribution in [1.29, 1.82) is 0 Å². The summed E-state index contributed by atoms with van der Waals surface area (Å²) in [7, 11) is 0. The number of hydrogen-bond acceptors (Lipinski definition) is 3. The number of hydrogen-bond donors (Lipinski definition) is 1. The van der Waals surface area contributed by atoms with E-state index in [9.17, 15) is 18.3 Å². The maximum Gasteiger partial charge on any atom is 0.434 e. The number of halogens is 3. The summed E-state index contributed by atoms with van der Waals surface area (Å²) in [5.41, 5.74) is -1.10. The summed E-state index contributed by atoms with van der Waals surface area (Å²) in [4.78, 5) is 6.88. The topological polar surface area (TPSA) is 46.0 Å². The molecule has 18 heavy (non-hydrogen) atoms. The van der Waals surface area contributed by atoms with Crippen LogP contribution in [0, 0.1) is 5.41 Å². The van der Waals surface area contributed by atoms with Gasteiger partial charge in [-0.3, -0.25) is 4.98 Å². The molecule has 1 aromatic heterocycles. The lowest BCUT2D eigenvalue weighted by atomic mass is 9.89. The Morgan fingerprint density at radius 1 is 1.22 bits per heavy atom. The Kier molecular flexibility index (Phi) is 4.32. The highest BCUT2D eigenvalue weighted by Gasteiger charge is 2.33. The number of alkyl halides is 3. The van der Waals surface area contributed by atoms with Gasteiger partial charge in [-0.1, -0.05) is 20.8 Å². The molecule has 0 aliphatic heterocycles. The van der Waals surface area contributed by atoms with Crippen molar-refractivity contribution in [1.82, 2.24) is 9.97 Å². The molecule has 0 aliphatic rings. The second-order valence-corrected chi connectivity index (χ2v) is 5.44. The quantitative estimate of drug-likeness (QED) is 0.908. The normalized spacial score (nSPS) is 14.6. The van der Waals surface area contributed by atoms with Crippen LogP contribution in [-0.2, 0) is 6.18 Å². The van der Waals surface area contributed by atoms with Gasteiger partial charge in [0.25, 0.3) is 0 Å². The molecule has 0 aromatic carbocycles. The van der Waals surface area contributed by atoms with Crippen LogP contribution in [0.4, 0.5) is 13.2 Å². The molecule has 0 radical (unpaired) electrons. The molecule has 0 aliphatic carbocycles. The smallest absolute Gasteiger partial charge is 0.387 e. The molecular formula is C12H17F3N2O. The fourth-order valence-electron chi connectivity index (χ4n) is 1.40. The van der Waals surface area contributed by atoms with Gasteiger partial charge in [0.1, 0.15) is 0 Å². The molecule has 1 N–H and O–H groups in total. The summed E-state index contributed by atoms with van der Waals surface area (Å²) in [6.07, 6.45) is -2.68. The first kappa shape index (κ1) is 14.9. The third-order valence-electron chi connectivity index (χ3n) is 2.45. The minimum atomic E-state index is -4.53. The molecule has 0 fully saturated rings. The molecule has 0 amide bonds. The van der Waals surface area contributed by atoms with Gasteiger partial charge in [0.05, 0.1) is 24.2 Å². The van der Waals surface area contributed by atoms with Gasteiger partial charge in [-0.2, -0.15) is 13.2 Å². The SMILES string of the molecule is CC(C)(C)CC[C@H](O)c1cncc(C(F)(F)F)n1. The van der Waals surface area contributed by atoms with E-state index < -0.39 is 18.0 Å². The second-order valence-electron chi connectivity index (χ2n) is 5.44. The standard InChI is InChI=1S/C12H17F3N2O/c1-11(2,3)5-4-9(18)8-6-16-7-10(17-8)12(13,14)15/h6-7,9,18H,4-5H2,1-3H3/t9-/m0/s1. The maximum absolute atomic E-state index is 12.4. The molecule has 1 atom stereocenters. The molecule has 0 spiro atoms. The van der Waals surface area contributed by atoms with E-state index in [4.69, 9.17) is 0 Å². The van der Waals surface area contributed by atoms with Crippen LogP contribution in [0.15, 0.2) is 12.4 Å². The van der Waals surface area contributed by atoms with Crippen molar-refractivity contribution < 1.29 is 18.3 Å². The second kappa shape index (κ2) is 5.22. The van der Waals surface area contributed by atoms with Gasteiger partial charge in [-0.15, -0.1) is 0 Å². The van der Waals surface area contributed by atoms with E-state index in [0.29, 0.717) is 19.0 Å². The van der Waals surface area contributed by atoms with Gasteiger partial charge >= 0.3 is 6.18 Å². The van der Waals surface area contributed by atoms with Crippen LogP contribution in [0.25, 0.3) is 0 Å². The Bertz CT molecular complexity index is 399. The highest BCUT2D eigenvalue weighted by molar-refractivity contribution is 5.08. The zero-order valence-corrected chi connectivity index (χ0v) is 10.6. The van der Waals surface area contributed by atoms with Gasteiger partial charge in [-0.25, -0.2) is 4.98 Å². The molecular weight excluding hydrogens is 245 g/mol. The summed E-state index contributed by atoms with van der Waals surface area (Å²) in [6, 6.07) is 0.